The summed E-state index contributed by atoms with van der Waals surface area (Å²) in [6.45, 7) is 10.2. The second kappa shape index (κ2) is 8.13. The van der Waals surface area contributed by atoms with E-state index in [1.54, 1.807) is 0 Å². The normalized spacial score (nSPS) is 12.7. The van der Waals surface area contributed by atoms with Gasteiger partial charge in [0.05, 0.1) is 0 Å². The van der Waals surface area contributed by atoms with Crippen LogP contribution in [0.2, 0.25) is 0 Å². The molecular weight excluding hydrogens is 208 g/mol. The van der Waals surface area contributed by atoms with Gasteiger partial charge in [-0.1, -0.05) is 38.5 Å². The summed E-state index contributed by atoms with van der Waals surface area (Å²) in [5.74, 6) is 0. The van der Waals surface area contributed by atoms with E-state index in [0.29, 0.717) is 6.04 Å². The van der Waals surface area contributed by atoms with Crippen LogP contribution < -0.4 is 5.32 Å². The Morgan fingerprint density at radius 1 is 1.18 bits per heavy atom. The number of rotatable bonds is 8. The average Bonchev–Trinajstić information content (AvgIpc) is 2.38. The van der Waals surface area contributed by atoms with Gasteiger partial charge >= 0.3 is 0 Å². The highest BCUT2D eigenvalue weighted by atomic mass is 15.2. The van der Waals surface area contributed by atoms with E-state index in [-0.39, 0.29) is 0 Å². The van der Waals surface area contributed by atoms with Crippen molar-refractivity contribution in [3.63, 3.8) is 0 Å². The van der Waals surface area contributed by atoms with Crippen molar-refractivity contribution in [3.05, 3.63) is 30.3 Å². The summed E-state index contributed by atoms with van der Waals surface area (Å²) in [5, 5.41) is 3.49. The van der Waals surface area contributed by atoms with E-state index in [2.05, 4.69) is 55.3 Å². The minimum absolute atomic E-state index is 0.590. The van der Waals surface area contributed by atoms with E-state index in [1.807, 2.05) is 6.07 Å². The molecule has 0 bridgehead atoms. The molecule has 1 aromatic rings. The van der Waals surface area contributed by atoms with Crippen LogP contribution in [-0.2, 0) is 0 Å². The van der Waals surface area contributed by atoms with Gasteiger partial charge in [-0.15, -0.1) is 0 Å². The van der Waals surface area contributed by atoms with Crippen molar-refractivity contribution in [2.75, 3.05) is 25.0 Å². The van der Waals surface area contributed by atoms with Crippen LogP contribution in [0.3, 0.4) is 0 Å². The summed E-state index contributed by atoms with van der Waals surface area (Å²) in [7, 11) is 0. The molecule has 17 heavy (non-hydrogen) atoms. The number of likely N-dealkylation sites (N-methyl/N-ethyl adjacent to an activating group) is 1. The molecule has 96 valence electrons. The summed E-state index contributed by atoms with van der Waals surface area (Å²) in [4.78, 5) is 2.54. The summed E-state index contributed by atoms with van der Waals surface area (Å²) < 4.78 is 0. The first kappa shape index (κ1) is 14.0. The lowest BCUT2D eigenvalue weighted by molar-refractivity contribution is 0.225. The highest BCUT2D eigenvalue weighted by Gasteiger charge is 2.10. The summed E-state index contributed by atoms with van der Waals surface area (Å²) in [5.41, 5.74) is 1.21. The molecule has 0 radical (unpaired) electrons. The lowest BCUT2D eigenvalue weighted by atomic mass is 10.2. The number of anilines is 1. The molecule has 2 heteroatoms. The maximum Gasteiger partial charge on any atom is 0.0340 e. The zero-order chi connectivity index (χ0) is 12.5. The van der Waals surface area contributed by atoms with Crippen LogP contribution >= 0.6 is 0 Å². The predicted molar refractivity (Wildman–Crippen MR) is 76.5 cm³/mol. The molecule has 0 saturated carbocycles. The van der Waals surface area contributed by atoms with Gasteiger partial charge in [-0.25, -0.2) is 0 Å². The molecule has 0 aromatic heterocycles. The monoisotopic (exact) mass is 234 g/mol. The molecule has 0 aliphatic rings. The fraction of sp³-hybridized carbons (Fsp3) is 0.600. The minimum atomic E-state index is 0.590. The predicted octanol–water partition coefficient (Wildman–Crippen LogP) is 3.61. The van der Waals surface area contributed by atoms with Gasteiger partial charge in [0, 0.05) is 18.3 Å². The van der Waals surface area contributed by atoms with Gasteiger partial charge in [0.2, 0.25) is 0 Å². The van der Waals surface area contributed by atoms with Crippen molar-refractivity contribution in [3.8, 4) is 0 Å². The first-order chi connectivity index (χ1) is 8.27. The molecule has 0 fully saturated rings. The van der Waals surface area contributed by atoms with Crippen LogP contribution in [0, 0.1) is 0 Å². The fourth-order valence-electron chi connectivity index (χ4n) is 2.00. The van der Waals surface area contributed by atoms with E-state index in [4.69, 9.17) is 0 Å². The molecule has 0 spiro atoms. The summed E-state index contributed by atoms with van der Waals surface area (Å²) >= 11 is 0. The van der Waals surface area contributed by atoms with E-state index < -0.39 is 0 Å². The molecule has 0 aliphatic heterocycles. The van der Waals surface area contributed by atoms with Gasteiger partial charge in [-0.2, -0.15) is 0 Å². The van der Waals surface area contributed by atoms with Crippen LogP contribution in [0.5, 0.6) is 0 Å². The number of benzene rings is 1. The number of unbranched alkanes of at least 4 members (excludes halogenated alkanes) is 1. The summed E-state index contributed by atoms with van der Waals surface area (Å²) in [6.07, 6.45) is 2.57. The average molecular weight is 234 g/mol. The zero-order valence-corrected chi connectivity index (χ0v) is 11.4. The molecule has 0 aliphatic carbocycles. The number of hydrogen-bond donors (Lipinski definition) is 1. The Balaban J connectivity index is 2.34. The standard InChI is InChI=1S/C15H26N2/c1-4-6-12-17(5-2)14(3)13-16-15-10-8-7-9-11-15/h7-11,14,16H,4-6,12-13H2,1-3H3. The Kier molecular flexibility index (Phi) is 6.71. The third-order valence-electron chi connectivity index (χ3n) is 3.20. The topological polar surface area (TPSA) is 15.3 Å². The van der Waals surface area contributed by atoms with Crippen molar-refractivity contribution >= 4 is 5.69 Å². The highest BCUT2D eigenvalue weighted by Crippen LogP contribution is 2.07. The largest absolute Gasteiger partial charge is 0.383 e. The fourth-order valence-corrected chi connectivity index (χ4v) is 2.00. The number of nitrogens with one attached hydrogen (secondary N) is 1. The Bertz CT molecular complexity index is 284. The van der Waals surface area contributed by atoms with Gasteiger partial charge in [0.15, 0.2) is 0 Å². The molecule has 1 N–H and O–H groups in total. The molecule has 1 unspecified atom stereocenters. The summed E-state index contributed by atoms with van der Waals surface area (Å²) in [6, 6.07) is 11.0. The van der Waals surface area contributed by atoms with Gasteiger partial charge < -0.3 is 5.32 Å². The van der Waals surface area contributed by atoms with E-state index in [0.717, 1.165) is 13.1 Å². The highest BCUT2D eigenvalue weighted by molar-refractivity contribution is 5.42. The molecular formula is C15H26N2. The maximum atomic E-state index is 3.49. The molecule has 1 atom stereocenters. The molecule has 0 amide bonds. The van der Waals surface area contributed by atoms with Crippen molar-refractivity contribution in [1.29, 1.82) is 0 Å². The lowest BCUT2D eigenvalue weighted by Crippen LogP contribution is -2.38. The Hall–Kier alpha value is -1.02. The van der Waals surface area contributed by atoms with Crippen molar-refractivity contribution in [2.24, 2.45) is 0 Å². The van der Waals surface area contributed by atoms with Gasteiger partial charge in [0.1, 0.15) is 0 Å². The third kappa shape index (κ3) is 5.22. The molecule has 1 aromatic carbocycles. The first-order valence-corrected chi connectivity index (χ1v) is 6.80. The first-order valence-electron chi connectivity index (χ1n) is 6.80. The minimum Gasteiger partial charge on any atom is -0.383 e. The molecule has 0 heterocycles. The third-order valence-corrected chi connectivity index (χ3v) is 3.20. The van der Waals surface area contributed by atoms with Crippen LogP contribution in [0.25, 0.3) is 0 Å². The van der Waals surface area contributed by atoms with Crippen molar-refractivity contribution in [1.82, 2.24) is 4.90 Å². The zero-order valence-electron chi connectivity index (χ0n) is 11.4. The Morgan fingerprint density at radius 3 is 2.47 bits per heavy atom. The van der Waals surface area contributed by atoms with E-state index in [9.17, 15) is 0 Å². The Morgan fingerprint density at radius 2 is 1.88 bits per heavy atom. The second-order valence-electron chi connectivity index (χ2n) is 4.58. The van der Waals surface area contributed by atoms with Crippen LogP contribution in [0.4, 0.5) is 5.69 Å². The molecule has 1 rings (SSSR count). The van der Waals surface area contributed by atoms with Crippen molar-refractivity contribution < 1.29 is 0 Å². The SMILES string of the molecule is CCCCN(CC)C(C)CNc1ccccc1. The van der Waals surface area contributed by atoms with Gasteiger partial charge in [-0.3, -0.25) is 4.90 Å². The van der Waals surface area contributed by atoms with Crippen molar-refractivity contribution in [2.45, 2.75) is 39.7 Å². The van der Waals surface area contributed by atoms with Crippen LogP contribution in [-0.4, -0.2) is 30.6 Å². The Labute approximate surface area is 106 Å². The van der Waals surface area contributed by atoms with E-state index >= 15 is 0 Å². The van der Waals surface area contributed by atoms with Crippen LogP contribution in [0.15, 0.2) is 30.3 Å². The molecule has 2 nitrogen and oxygen atoms in total. The number of para-hydroxylation sites is 1. The number of nitrogens with zero attached hydrogens (tertiary/aromatic N) is 1. The van der Waals surface area contributed by atoms with E-state index in [1.165, 1.54) is 25.1 Å². The second-order valence-corrected chi connectivity index (χ2v) is 4.58. The maximum absolute atomic E-state index is 3.49. The number of hydrogen-bond acceptors (Lipinski definition) is 2. The lowest BCUT2D eigenvalue weighted by Gasteiger charge is -2.28. The van der Waals surface area contributed by atoms with Crippen LogP contribution in [0.1, 0.15) is 33.6 Å². The molecule has 0 saturated heterocycles. The smallest absolute Gasteiger partial charge is 0.0340 e. The quantitative estimate of drug-likeness (QED) is 0.739. The van der Waals surface area contributed by atoms with Gasteiger partial charge in [-0.05, 0) is 38.6 Å². The van der Waals surface area contributed by atoms with Gasteiger partial charge in [0.25, 0.3) is 0 Å².